The number of benzene rings is 1. The normalized spacial score (nSPS) is 18.5. The lowest BCUT2D eigenvalue weighted by Crippen LogP contribution is -2.31. The molecule has 4 heteroatoms. The van der Waals surface area contributed by atoms with Crippen molar-refractivity contribution in [2.45, 2.75) is 12.8 Å². The lowest BCUT2D eigenvalue weighted by Gasteiger charge is -2.29. The number of ether oxygens (including phenoxy) is 1. The van der Waals surface area contributed by atoms with Crippen LogP contribution in [0.1, 0.15) is 12.8 Å². The van der Waals surface area contributed by atoms with Gasteiger partial charge in [-0.15, -0.1) is 0 Å². The highest BCUT2D eigenvalue weighted by molar-refractivity contribution is 7.99. The molecule has 0 aromatic heterocycles. The van der Waals surface area contributed by atoms with Crippen LogP contribution in [0.15, 0.2) is 24.3 Å². The fourth-order valence-electron chi connectivity index (χ4n) is 2.36. The molecule has 0 aliphatic carbocycles. The van der Waals surface area contributed by atoms with E-state index in [1.165, 1.54) is 24.3 Å². The Morgan fingerprint density at radius 3 is 2.72 bits per heavy atom. The van der Waals surface area contributed by atoms with Crippen LogP contribution in [-0.2, 0) is 0 Å². The van der Waals surface area contributed by atoms with Crippen LogP contribution >= 0.6 is 11.8 Å². The van der Waals surface area contributed by atoms with Gasteiger partial charge in [0.15, 0.2) is 11.5 Å². The molecule has 1 aromatic carbocycles. The summed E-state index contributed by atoms with van der Waals surface area (Å²) in [5, 5.41) is 9.65. The Kier molecular flexibility index (Phi) is 5.20. The summed E-state index contributed by atoms with van der Waals surface area (Å²) >= 11 is 2.02. The highest BCUT2D eigenvalue weighted by atomic mass is 32.2. The maximum atomic E-state index is 9.65. The third kappa shape index (κ3) is 3.56. The van der Waals surface area contributed by atoms with Crippen molar-refractivity contribution < 1.29 is 9.84 Å². The Balaban J connectivity index is 1.88. The minimum Gasteiger partial charge on any atom is -0.504 e. The molecule has 1 saturated heterocycles. The maximum absolute atomic E-state index is 9.65. The first kappa shape index (κ1) is 13.6. The van der Waals surface area contributed by atoms with Crippen molar-refractivity contribution in [3.8, 4) is 11.5 Å². The number of phenolic OH excluding ortho intramolecular Hbond substituents is 1. The molecule has 1 heterocycles. The number of para-hydroxylation sites is 2. The molecule has 0 radical (unpaired) electrons. The Morgan fingerprint density at radius 2 is 2.06 bits per heavy atom. The fraction of sp³-hybridized carbons (Fsp3) is 0.571. The third-order valence-corrected chi connectivity index (χ3v) is 4.60. The van der Waals surface area contributed by atoms with E-state index in [1.54, 1.807) is 18.2 Å². The molecule has 1 fully saturated rings. The van der Waals surface area contributed by atoms with Gasteiger partial charge >= 0.3 is 0 Å². The molecule has 2 rings (SSSR count). The number of nitrogens with two attached hydrogens (primary N) is 1. The van der Waals surface area contributed by atoms with Gasteiger partial charge in [0, 0.05) is 5.92 Å². The SMILES string of the molecule is NCC(COc1ccccc1O)C1CCSCC1. The summed E-state index contributed by atoms with van der Waals surface area (Å²) in [7, 11) is 0. The summed E-state index contributed by atoms with van der Waals surface area (Å²) in [6.07, 6.45) is 2.47. The van der Waals surface area contributed by atoms with Gasteiger partial charge in [-0.1, -0.05) is 12.1 Å². The Bertz CT molecular complexity index is 367. The minimum absolute atomic E-state index is 0.201. The van der Waals surface area contributed by atoms with Crippen molar-refractivity contribution in [2.24, 2.45) is 17.6 Å². The fourth-order valence-corrected chi connectivity index (χ4v) is 3.50. The van der Waals surface area contributed by atoms with Crippen LogP contribution in [0.4, 0.5) is 0 Å². The van der Waals surface area contributed by atoms with E-state index in [0.29, 0.717) is 30.7 Å². The summed E-state index contributed by atoms with van der Waals surface area (Å²) in [6, 6.07) is 7.09. The largest absolute Gasteiger partial charge is 0.504 e. The Morgan fingerprint density at radius 1 is 1.33 bits per heavy atom. The predicted molar refractivity (Wildman–Crippen MR) is 76.2 cm³/mol. The molecule has 0 amide bonds. The smallest absolute Gasteiger partial charge is 0.160 e. The number of thioether (sulfide) groups is 1. The van der Waals surface area contributed by atoms with Crippen molar-refractivity contribution in [2.75, 3.05) is 24.7 Å². The van der Waals surface area contributed by atoms with E-state index in [2.05, 4.69) is 0 Å². The van der Waals surface area contributed by atoms with Crippen molar-refractivity contribution in [1.29, 1.82) is 0 Å². The summed E-state index contributed by atoms with van der Waals surface area (Å²) in [5.74, 6) is 4.29. The number of phenols is 1. The first-order chi connectivity index (χ1) is 8.81. The maximum Gasteiger partial charge on any atom is 0.160 e. The number of hydrogen-bond donors (Lipinski definition) is 2. The molecule has 3 nitrogen and oxygen atoms in total. The van der Waals surface area contributed by atoms with E-state index in [4.69, 9.17) is 10.5 Å². The predicted octanol–water partition coefficient (Wildman–Crippen LogP) is 2.49. The lowest BCUT2D eigenvalue weighted by molar-refractivity contribution is 0.186. The van der Waals surface area contributed by atoms with Gasteiger partial charge in [-0.05, 0) is 48.9 Å². The summed E-state index contributed by atoms with van der Waals surface area (Å²) in [6.45, 7) is 1.26. The second kappa shape index (κ2) is 6.90. The molecule has 0 bridgehead atoms. The number of rotatable bonds is 5. The van der Waals surface area contributed by atoms with E-state index in [1.807, 2.05) is 17.8 Å². The van der Waals surface area contributed by atoms with Crippen LogP contribution in [-0.4, -0.2) is 29.8 Å². The zero-order valence-corrected chi connectivity index (χ0v) is 11.4. The molecular weight excluding hydrogens is 246 g/mol. The van der Waals surface area contributed by atoms with E-state index >= 15 is 0 Å². The van der Waals surface area contributed by atoms with Crippen LogP contribution in [0.5, 0.6) is 11.5 Å². The topological polar surface area (TPSA) is 55.5 Å². The molecule has 0 saturated carbocycles. The molecule has 0 spiro atoms. The quantitative estimate of drug-likeness (QED) is 0.860. The van der Waals surface area contributed by atoms with Crippen LogP contribution < -0.4 is 10.5 Å². The van der Waals surface area contributed by atoms with Crippen LogP contribution in [0, 0.1) is 11.8 Å². The standard InChI is InChI=1S/C14H21NO2S/c15-9-12(11-5-7-18-8-6-11)10-17-14-4-2-1-3-13(14)16/h1-4,11-12,16H,5-10,15H2. The molecular formula is C14H21NO2S. The molecule has 1 aliphatic heterocycles. The van der Waals surface area contributed by atoms with E-state index in [9.17, 15) is 5.11 Å². The van der Waals surface area contributed by atoms with Gasteiger partial charge in [0.2, 0.25) is 0 Å². The zero-order valence-electron chi connectivity index (χ0n) is 10.5. The highest BCUT2D eigenvalue weighted by Crippen LogP contribution is 2.30. The monoisotopic (exact) mass is 267 g/mol. The lowest BCUT2D eigenvalue weighted by atomic mass is 9.88. The highest BCUT2D eigenvalue weighted by Gasteiger charge is 2.23. The first-order valence-electron chi connectivity index (χ1n) is 6.50. The van der Waals surface area contributed by atoms with Gasteiger partial charge in [0.1, 0.15) is 0 Å². The zero-order chi connectivity index (χ0) is 12.8. The van der Waals surface area contributed by atoms with Crippen LogP contribution in [0.3, 0.4) is 0 Å². The van der Waals surface area contributed by atoms with Crippen molar-refractivity contribution in [3.63, 3.8) is 0 Å². The third-order valence-electron chi connectivity index (χ3n) is 3.55. The van der Waals surface area contributed by atoms with Crippen LogP contribution in [0.2, 0.25) is 0 Å². The van der Waals surface area contributed by atoms with Gasteiger partial charge in [0.05, 0.1) is 6.61 Å². The van der Waals surface area contributed by atoms with Gasteiger partial charge in [-0.25, -0.2) is 0 Å². The number of aromatic hydroxyl groups is 1. The summed E-state index contributed by atoms with van der Waals surface area (Å²) < 4.78 is 5.71. The van der Waals surface area contributed by atoms with Gasteiger partial charge in [-0.3, -0.25) is 0 Å². The molecule has 100 valence electrons. The average molecular weight is 267 g/mol. The Hall–Kier alpha value is -0.870. The minimum atomic E-state index is 0.201. The number of hydrogen-bond acceptors (Lipinski definition) is 4. The summed E-state index contributed by atoms with van der Waals surface area (Å²) in [4.78, 5) is 0. The van der Waals surface area contributed by atoms with Crippen molar-refractivity contribution in [1.82, 2.24) is 0 Å². The second-order valence-electron chi connectivity index (χ2n) is 4.72. The average Bonchev–Trinajstić information content (AvgIpc) is 2.42. The van der Waals surface area contributed by atoms with Crippen molar-refractivity contribution in [3.05, 3.63) is 24.3 Å². The molecule has 1 unspecified atom stereocenters. The molecule has 1 aromatic rings. The van der Waals surface area contributed by atoms with Gasteiger partial charge in [-0.2, -0.15) is 11.8 Å². The Labute approximate surface area is 113 Å². The van der Waals surface area contributed by atoms with E-state index in [-0.39, 0.29) is 5.75 Å². The second-order valence-corrected chi connectivity index (χ2v) is 5.95. The molecule has 1 atom stereocenters. The van der Waals surface area contributed by atoms with E-state index < -0.39 is 0 Å². The van der Waals surface area contributed by atoms with Gasteiger partial charge < -0.3 is 15.6 Å². The molecule has 18 heavy (non-hydrogen) atoms. The molecule has 3 N–H and O–H groups in total. The molecule has 1 aliphatic rings. The summed E-state index contributed by atoms with van der Waals surface area (Å²) in [5.41, 5.74) is 5.86. The van der Waals surface area contributed by atoms with Crippen molar-refractivity contribution >= 4 is 11.8 Å². The first-order valence-corrected chi connectivity index (χ1v) is 7.65. The van der Waals surface area contributed by atoms with Gasteiger partial charge in [0.25, 0.3) is 0 Å². The van der Waals surface area contributed by atoms with Crippen LogP contribution in [0.25, 0.3) is 0 Å². The van der Waals surface area contributed by atoms with E-state index in [0.717, 1.165) is 0 Å².